The highest BCUT2D eigenvalue weighted by Gasteiger charge is 2.23. The van der Waals surface area contributed by atoms with E-state index in [-0.39, 0.29) is 5.56 Å². The number of benzene rings is 2. The lowest BCUT2D eigenvalue weighted by molar-refractivity contribution is 0.0174. The van der Waals surface area contributed by atoms with E-state index in [9.17, 15) is 8.78 Å². The third-order valence-corrected chi connectivity index (χ3v) is 3.92. The number of hydrogen-bond acceptors (Lipinski definition) is 2. The Morgan fingerprint density at radius 2 is 1.72 bits per heavy atom. The van der Waals surface area contributed by atoms with Crippen LogP contribution in [0.5, 0.6) is 5.75 Å². The van der Waals surface area contributed by atoms with Crippen molar-refractivity contribution in [2.24, 2.45) is 10.7 Å². The fourth-order valence-electron chi connectivity index (χ4n) is 2.44. The normalized spacial score (nSPS) is 12.3. The zero-order valence-electron chi connectivity index (χ0n) is 14.9. The number of aliphatic imine (C=N–C) groups is 1. The molecule has 0 spiro atoms. The number of halogens is 2. The van der Waals surface area contributed by atoms with E-state index in [4.69, 9.17) is 10.5 Å². The van der Waals surface area contributed by atoms with Gasteiger partial charge in [0.05, 0.1) is 18.7 Å². The van der Waals surface area contributed by atoms with E-state index in [1.165, 1.54) is 12.1 Å². The first-order valence-corrected chi connectivity index (χ1v) is 8.38. The SMILES string of the molecule is CCOc1ccc(CC)cc1C(N)=NCc1ccc(C(C)(F)F)cc1. The largest absolute Gasteiger partial charge is 0.493 e. The average molecular weight is 346 g/mol. The molecule has 0 unspecified atom stereocenters. The summed E-state index contributed by atoms with van der Waals surface area (Å²) in [6, 6.07) is 12.0. The highest BCUT2D eigenvalue weighted by molar-refractivity contribution is 6.00. The summed E-state index contributed by atoms with van der Waals surface area (Å²) in [6.07, 6.45) is 0.888. The molecule has 0 amide bonds. The van der Waals surface area contributed by atoms with Gasteiger partial charge in [-0.15, -0.1) is 0 Å². The Labute approximate surface area is 147 Å². The van der Waals surface area contributed by atoms with Crippen LogP contribution in [0.25, 0.3) is 0 Å². The van der Waals surface area contributed by atoms with Gasteiger partial charge in [0.15, 0.2) is 0 Å². The first-order chi connectivity index (χ1) is 11.8. The molecule has 3 nitrogen and oxygen atoms in total. The molecule has 0 aromatic heterocycles. The summed E-state index contributed by atoms with van der Waals surface area (Å²) in [6.45, 7) is 5.73. The topological polar surface area (TPSA) is 47.6 Å². The molecule has 0 saturated heterocycles. The zero-order chi connectivity index (χ0) is 18.4. The molecular formula is C20H24F2N2O. The van der Waals surface area contributed by atoms with Crippen LogP contribution in [0.1, 0.15) is 43.0 Å². The van der Waals surface area contributed by atoms with Gasteiger partial charge in [0.25, 0.3) is 5.92 Å². The highest BCUT2D eigenvalue weighted by Crippen LogP contribution is 2.27. The van der Waals surface area contributed by atoms with Crippen LogP contribution in [0.2, 0.25) is 0 Å². The fraction of sp³-hybridized carbons (Fsp3) is 0.350. The molecule has 0 atom stereocenters. The maximum atomic E-state index is 13.2. The van der Waals surface area contributed by atoms with E-state index < -0.39 is 5.92 Å². The van der Waals surface area contributed by atoms with E-state index in [0.717, 1.165) is 30.0 Å². The van der Waals surface area contributed by atoms with Crippen LogP contribution in [0, 0.1) is 0 Å². The van der Waals surface area contributed by atoms with Crippen molar-refractivity contribution >= 4 is 5.84 Å². The predicted octanol–water partition coefficient (Wildman–Crippen LogP) is 4.66. The van der Waals surface area contributed by atoms with Gasteiger partial charge >= 0.3 is 0 Å². The van der Waals surface area contributed by atoms with Crippen LogP contribution in [-0.4, -0.2) is 12.4 Å². The Morgan fingerprint density at radius 3 is 2.28 bits per heavy atom. The van der Waals surface area contributed by atoms with Gasteiger partial charge in [-0.05, 0) is 36.6 Å². The standard InChI is InChI=1S/C20H24F2N2O/c1-4-14-8-11-18(25-5-2)17(12-14)19(23)24-13-15-6-9-16(10-7-15)20(3,21)22/h6-12H,4-5,13H2,1-3H3,(H2,23,24). The van der Waals surface area contributed by atoms with Crippen molar-refractivity contribution in [3.05, 3.63) is 64.7 Å². The molecule has 0 heterocycles. The molecule has 2 aromatic carbocycles. The van der Waals surface area contributed by atoms with Crippen molar-refractivity contribution < 1.29 is 13.5 Å². The Hall–Kier alpha value is -2.43. The Kier molecular flexibility index (Phi) is 6.12. The first kappa shape index (κ1) is 18.9. The maximum Gasteiger partial charge on any atom is 0.270 e. The van der Waals surface area contributed by atoms with E-state index in [0.29, 0.717) is 24.7 Å². The molecule has 2 N–H and O–H groups in total. The van der Waals surface area contributed by atoms with Crippen LogP contribution in [0.3, 0.4) is 0 Å². The second-order valence-corrected chi connectivity index (χ2v) is 5.90. The van der Waals surface area contributed by atoms with Crippen molar-refractivity contribution in [1.82, 2.24) is 0 Å². The summed E-state index contributed by atoms with van der Waals surface area (Å²) >= 11 is 0. The van der Waals surface area contributed by atoms with Gasteiger partial charge in [0.2, 0.25) is 0 Å². The second kappa shape index (κ2) is 8.10. The number of nitrogens with two attached hydrogens (primary N) is 1. The quantitative estimate of drug-likeness (QED) is 0.585. The lowest BCUT2D eigenvalue weighted by atomic mass is 10.1. The highest BCUT2D eigenvalue weighted by atomic mass is 19.3. The van der Waals surface area contributed by atoms with E-state index >= 15 is 0 Å². The van der Waals surface area contributed by atoms with Crippen LogP contribution >= 0.6 is 0 Å². The molecule has 5 heteroatoms. The summed E-state index contributed by atoms with van der Waals surface area (Å²) in [7, 11) is 0. The molecule has 0 radical (unpaired) electrons. The maximum absolute atomic E-state index is 13.2. The predicted molar refractivity (Wildman–Crippen MR) is 97.4 cm³/mol. The Balaban J connectivity index is 2.21. The number of rotatable bonds is 7. The molecule has 25 heavy (non-hydrogen) atoms. The minimum Gasteiger partial charge on any atom is -0.493 e. The zero-order valence-corrected chi connectivity index (χ0v) is 14.9. The minimum atomic E-state index is -2.84. The van der Waals surface area contributed by atoms with Crippen molar-refractivity contribution in [3.63, 3.8) is 0 Å². The second-order valence-electron chi connectivity index (χ2n) is 5.90. The van der Waals surface area contributed by atoms with Crippen molar-refractivity contribution in [3.8, 4) is 5.75 Å². The number of ether oxygens (including phenoxy) is 1. The number of alkyl halides is 2. The van der Waals surface area contributed by atoms with Gasteiger partial charge in [0, 0.05) is 12.5 Å². The first-order valence-electron chi connectivity index (χ1n) is 8.38. The number of amidine groups is 1. The molecule has 0 saturated carbocycles. The Morgan fingerprint density at radius 1 is 1.08 bits per heavy atom. The van der Waals surface area contributed by atoms with Gasteiger partial charge in [-0.3, -0.25) is 4.99 Å². The number of aryl methyl sites for hydroxylation is 1. The minimum absolute atomic E-state index is 0.0116. The third-order valence-electron chi connectivity index (χ3n) is 3.92. The summed E-state index contributed by atoms with van der Waals surface area (Å²) in [5.74, 6) is -1.76. The summed E-state index contributed by atoms with van der Waals surface area (Å²) < 4.78 is 32.1. The number of nitrogens with zero attached hydrogens (tertiary/aromatic N) is 1. The average Bonchev–Trinajstić information content (AvgIpc) is 2.60. The molecule has 2 rings (SSSR count). The number of hydrogen-bond donors (Lipinski definition) is 1. The van der Waals surface area contributed by atoms with Gasteiger partial charge < -0.3 is 10.5 Å². The van der Waals surface area contributed by atoms with Crippen molar-refractivity contribution in [2.45, 2.75) is 39.7 Å². The van der Waals surface area contributed by atoms with E-state index in [1.807, 2.05) is 25.1 Å². The fourth-order valence-corrected chi connectivity index (χ4v) is 2.44. The molecule has 134 valence electrons. The lowest BCUT2D eigenvalue weighted by Gasteiger charge is -2.12. The molecule has 0 fully saturated rings. The smallest absolute Gasteiger partial charge is 0.270 e. The third kappa shape index (κ3) is 5.02. The monoisotopic (exact) mass is 346 g/mol. The molecular weight excluding hydrogens is 322 g/mol. The van der Waals surface area contributed by atoms with Gasteiger partial charge in [-0.2, -0.15) is 0 Å². The lowest BCUT2D eigenvalue weighted by Crippen LogP contribution is -2.16. The van der Waals surface area contributed by atoms with Crippen LogP contribution in [0.4, 0.5) is 8.78 Å². The van der Waals surface area contributed by atoms with Crippen LogP contribution in [0.15, 0.2) is 47.5 Å². The van der Waals surface area contributed by atoms with Crippen molar-refractivity contribution in [2.75, 3.05) is 6.61 Å². The molecule has 2 aromatic rings. The van der Waals surface area contributed by atoms with Crippen LogP contribution in [-0.2, 0) is 18.9 Å². The van der Waals surface area contributed by atoms with Crippen LogP contribution < -0.4 is 10.5 Å². The van der Waals surface area contributed by atoms with Crippen molar-refractivity contribution in [1.29, 1.82) is 0 Å². The molecule has 0 bridgehead atoms. The summed E-state index contributed by atoms with van der Waals surface area (Å²) in [4.78, 5) is 4.40. The van der Waals surface area contributed by atoms with Gasteiger partial charge in [-0.25, -0.2) is 8.78 Å². The van der Waals surface area contributed by atoms with Gasteiger partial charge in [-0.1, -0.05) is 37.3 Å². The summed E-state index contributed by atoms with van der Waals surface area (Å²) in [5.41, 5.74) is 8.86. The Bertz CT molecular complexity index is 734. The summed E-state index contributed by atoms with van der Waals surface area (Å²) in [5, 5.41) is 0. The van der Waals surface area contributed by atoms with Gasteiger partial charge in [0.1, 0.15) is 11.6 Å². The van der Waals surface area contributed by atoms with E-state index in [2.05, 4.69) is 11.9 Å². The molecule has 0 aliphatic heterocycles. The molecule has 0 aliphatic rings. The molecule has 0 aliphatic carbocycles. The van der Waals surface area contributed by atoms with E-state index in [1.54, 1.807) is 12.1 Å².